The highest BCUT2D eigenvalue weighted by molar-refractivity contribution is 7.98. The second kappa shape index (κ2) is 8.79. The molecule has 0 saturated carbocycles. The first kappa shape index (κ1) is 20.3. The minimum atomic E-state index is -0.660. The molecule has 0 bridgehead atoms. The van der Waals surface area contributed by atoms with E-state index in [4.69, 9.17) is 4.52 Å². The molecule has 2 aromatic heterocycles. The lowest BCUT2D eigenvalue weighted by Crippen LogP contribution is -2.42. The predicted molar refractivity (Wildman–Crippen MR) is 112 cm³/mol. The summed E-state index contributed by atoms with van der Waals surface area (Å²) < 4.78 is 5.09. The van der Waals surface area contributed by atoms with Crippen molar-refractivity contribution >= 4 is 34.3 Å². The van der Waals surface area contributed by atoms with Crippen molar-refractivity contribution in [3.8, 4) is 0 Å². The fourth-order valence-corrected chi connectivity index (χ4v) is 3.73. The SMILES string of the molecule is Cc1noc(CSc2ccccc2C(=O)NNC(=O)c2n[nH]c(=O)c3ccccc23)n1. The van der Waals surface area contributed by atoms with Gasteiger partial charge in [-0.2, -0.15) is 10.1 Å². The molecule has 0 saturated heterocycles. The molecule has 3 N–H and O–H groups in total. The number of benzene rings is 2. The number of hydrogen-bond donors (Lipinski definition) is 3. The molecule has 0 unspecified atom stereocenters. The van der Waals surface area contributed by atoms with E-state index in [1.807, 2.05) is 0 Å². The van der Waals surface area contributed by atoms with Crippen LogP contribution in [0.2, 0.25) is 0 Å². The molecule has 10 nitrogen and oxygen atoms in total. The van der Waals surface area contributed by atoms with Crippen molar-refractivity contribution in [1.29, 1.82) is 0 Å². The molecule has 11 heteroatoms. The lowest BCUT2D eigenvalue weighted by atomic mass is 10.1. The summed E-state index contributed by atoms with van der Waals surface area (Å²) in [5.41, 5.74) is 4.67. The molecule has 2 amide bonds. The number of nitrogens with one attached hydrogen (secondary N) is 3. The molecule has 0 aliphatic heterocycles. The van der Waals surface area contributed by atoms with Gasteiger partial charge >= 0.3 is 0 Å². The van der Waals surface area contributed by atoms with Crippen molar-refractivity contribution in [2.75, 3.05) is 0 Å². The number of fused-ring (bicyclic) bond motifs is 1. The number of rotatable bonds is 5. The first-order chi connectivity index (χ1) is 15.0. The van der Waals surface area contributed by atoms with Crippen molar-refractivity contribution in [3.63, 3.8) is 0 Å². The van der Waals surface area contributed by atoms with Crippen molar-refractivity contribution in [1.82, 2.24) is 31.2 Å². The topological polar surface area (TPSA) is 143 Å². The number of aromatic amines is 1. The van der Waals surface area contributed by atoms with Crippen molar-refractivity contribution in [2.24, 2.45) is 0 Å². The van der Waals surface area contributed by atoms with E-state index in [0.717, 1.165) is 0 Å². The zero-order valence-electron chi connectivity index (χ0n) is 16.2. The number of hydrogen-bond acceptors (Lipinski definition) is 8. The molecule has 0 fully saturated rings. The van der Waals surface area contributed by atoms with Gasteiger partial charge in [-0.05, 0) is 25.1 Å². The lowest BCUT2D eigenvalue weighted by molar-refractivity contribution is 0.0843. The predicted octanol–water partition coefficient (Wildman–Crippen LogP) is 1.98. The highest BCUT2D eigenvalue weighted by Gasteiger charge is 2.17. The summed E-state index contributed by atoms with van der Waals surface area (Å²) in [6.45, 7) is 1.72. The molecule has 31 heavy (non-hydrogen) atoms. The van der Waals surface area contributed by atoms with E-state index in [-0.39, 0.29) is 5.69 Å². The van der Waals surface area contributed by atoms with Crippen LogP contribution >= 0.6 is 11.8 Å². The Morgan fingerprint density at radius 2 is 1.74 bits per heavy atom. The molecule has 0 atom stereocenters. The molecule has 156 valence electrons. The van der Waals surface area contributed by atoms with Gasteiger partial charge in [0, 0.05) is 10.3 Å². The van der Waals surface area contributed by atoms with Gasteiger partial charge in [-0.3, -0.25) is 25.2 Å². The Morgan fingerprint density at radius 1 is 1.03 bits per heavy atom. The zero-order valence-corrected chi connectivity index (χ0v) is 17.0. The van der Waals surface area contributed by atoms with Crippen LogP contribution in [0.4, 0.5) is 0 Å². The largest absolute Gasteiger partial charge is 0.338 e. The Kier molecular flexibility index (Phi) is 5.76. The molecular weight excluding hydrogens is 420 g/mol. The minimum absolute atomic E-state index is 0.00933. The van der Waals surface area contributed by atoms with Gasteiger partial charge in [-0.1, -0.05) is 35.5 Å². The number of carbonyl (C=O) groups excluding carboxylic acids is 2. The second-order valence-electron chi connectivity index (χ2n) is 6.38. The lowest BCUT2D eigenvalue weighted by Gasteiger charge is -2.10. The normalized spacial score (nSPS) is 10.7. The number of nitrogens with zero attached hydrogens (tertiary/aromatic N) is 3. The summed E-state index contributed by atoms with van der Waals surface area (Å²) in [7, 11) is 0. The zero-order chi connectivity index (χ0) is 21.8. The Labute approximate surface area is 179 Å². The Morgan fingerprint density at radius 3 is 2.52 bits per heavy atom. The third kappa shape index (κ3) is 4.46. The summed E-state index contributed by atoms with van der Waals surface area (Å²) in [6, 6.07) is 13.5. The van der Waals surface area contributed by atoms with Gasteiger partial charge in [0.1, 0.15) is 0 Å². The van der Waals surface area contributed by atoms with E-state index >= 15 is 0 Å². The van der Waals surface area contributed by atoms with E-state index in [2.05, 4.69) is 31.2 Å². The molecule has 4 aromatic rings. The van der Waals surface area contributed by atoms with E-state index in [1.54, 1.807) is 55.5 Å². The number of carbonyl (C=O) groups is 2. The van der Waals surface area contributed by atoms with Gasteiger partial charge in [0.2, 0.25) is 5.89 Å². The number of aryl methyl sites for hydroxylation is 1. The molecule has 0 spiro atoms. The maximum Gasteiger partial charge on any atom is 0.290 e. The van der Waals surface area contributed by atoms with Gasteiger partial charge in [-0.25, -0.2) is 5.10 Å². The monoisotopic (exact) mass is 436 g/mol. The smallest absolute Gasteiger partial charge is 0.290 e. The van der Waals surface area contributed by atoms with Gasteiger partial charge in [0.05, 0.1) is 16.7 Å². The molecule has 0 aliphatic rings. The Hall–Kier alpha value is -3.99. The Bertz CT molecular complexity index is 1330. The van der Waals surface area contributed by atoms with Crippen LogP contribution in [0.15, 0.2) is 62.7 Å². The maximum atomic E-state index is 12.7. The van der Waals surface area contributed by atoms with Gasteiger partial charge in [0.15, 0.2) is 11.5 Å². The number of H-pyrrole nitrogens is 1. The van der Waals surface area contributed by atoms with E-state index in [0.29, 0.717) is 38.7 Å². The molecule has 4 rings (SSSR count). The van der Waals surface area contributed by atoms with Gasteiger partial charge in [0.25, 0.3) is 17.4 Å². The fraction of sp³-hybridized carbons (Fsp3) is 0.100. The third-order valence-corrected chi connectivity index (χ3v) is 5.31. The van der Waals surface area contributed by atoms with Crippen LogP contribution in [0.1, 0.15) is 32.6 Å². The molecule has 2 aromatic carbocycles. The summed E-state index contributed by atoms with van der Waals surface area (Å²) in [4.78, 5) is 41.9. The van der Waals surface area contributed by atoms with Gasteiger partial charge in [-0.15, -0.1) is 11.8 Å². The molecule has 0 aliphatic carbocycles. The van der Waals surface area contributed by atoms with Gasteiger partial charge < -0.3 is 4.52 Å². The summed E-state index contributed by atoms with van der Waals surface area (Å²) >= 11 is 1.35. The van der Waals surface area contributed by atoms with E-state index in [9.17, 15) is 14.4 Å². The molecule has 0 radical (unpaired) electrons. The number of hydrazine groups is 1. The van der Waals surface area contributed by atoms with Crippen molar-refractivity contribution in [2.45, 2.75) is 17.6 Å². The standard InChI is InChI=1S/C20H16N6O4S/c1-11-21-16(30-26-11)10-31-15-9-5-4-8-14(15)19(28)24-25-20(29)17-12-6-2-3-7-13(12)18(27)23-22-17/h2-9H,10H2,1H3,(H,23,27)(H,24,28)(H,25,29). The number of thioether (sulfide) groups is 1. The van der Waals surface area contributed by atoms with Crippen LogP contribution < -0.4 is 16.4 Å². The average Bonchev–Trinajstić information content (AvgIpc) is 3.21. The number of amides is 2. The maximum absolute atomic E-state index is 12.7. The molecule has 2 heterocycles. The van der Waals surface area contributed by atoms with Crippen LogP contribution in [0.3, 0.4) is 0 Å². The summed E-state index contributed by atoms with van der Waals surface area (Å²) in [5.74, 6) is 0.207. The number of aromatic nitrogens is 4. The summed E-state index contributed by atoms with van der Waals surface area (Å²) in [5, 5.41) is 10.5. The summed E-state index contributed by atoms with van der Waals surface area (Å²) in [6.07, 6.45) is 0. The highest BCUT2D eigenvalue weighted by atomic mass is 32.2. The van der Waals surface area contributed by atoms with Crippen LogP contribution in [0, 0.1) is 6.92 Å². The quantitative estimate of drug-likeness (QED) is 0.318. The Balaban J connectivity index is 1.46. The minimum Gasteiger partial charge on any atom is -0.338 e. The van der Waals surface area contributed by atoms with Crippen molar-refractivity contribution < 1.29 is 14.1 Å². The second-order valence-corrected chi connectivity index (χ2v) is 7.39. The van der Waals surface area contributed by atoms with Crippen molar-refractivity contribution in [3.05, 3.63) is 81.9 Å². The van der Waals surface area contributed by atoms with Crippen LogP contribution in [-0.2, 0) is 5.75 Å². The third-order valence-electron chi connectivity index (χ3n) is 4.25. The highest BCUT2D eigenvalue weighted by Crippen LogP contribution is 2.25. The van der Waals surface area contributed by atoms with Crippen LogP contribution in [-0.4, -0.2) is 32.2 Å². The fourth-order valence-electron chi connectivity index (χ4n) is 2.85. The first-order valence-corrected chi connectivity index (χ1v) is 10.1. The van der Waals surface area contributed by atoms with E-state index in [1.165, 1.54) is 11.8 Å². The van der Waals surface area contributed by atoms with Crippen LogP contribution in [0.5, 0.6) is 0 Å². The first-order valence-electron chi connectivity index (χ1n) is 9.12. The van der Waals surface area contributed by atoms with Crippen LogP contribution in [0.25, 0.3) is 10.8 Å². The van der Waals surface area contributed by atoms with E-state index < -0.39 is 17.4 Å². The molecular formula is C20H16N6O4S. The average molecular weight is 436 g/mol.